The van der Waals surface area contributed by atoms with Crippen LogP contribution in [0, 0.1) is 0 Å². The zero-order valence-electron chi connectivity index (χ0n) is 14.7. The Morgan fingerprint density at radius 1 is 1.12 bits per heavy atom. The first-order chi connectivity index (χ1) is 11.7. The van der Waals surface area contributed by atoms with E-state index < -0.39 is 0 Å². The van der Waals surface area contributed by atoms with Gasteiger partial charge in [0.05, 0.1) is 18.0 Å². The number of amides is 1. The third-order valence-electron chi connectivity index (χ3n) is 4.90. The highest BCUT2D eigenvalue weighted by molar-refractivity contribution is 7.14. The van der Waals surface area contributed by atoms with Crippen molar-refractivity contribution in [3.63, 3.8) is 0 Å². The van der Waals surface area contributed by atoms with Gasteiger partial charge in [0.1, 0.15) is 6.54 Å². The van der Waals surface area contributed by atoms with E-state index in [1.807, 2.05) is 0 Å². The summed E-state index contributed by atoms with van der Waals surface area (Å²) in [6.45, 7) is 8.42. The maximum absolute atomic E-state index is 12.3. The zero-order valence-corrected chi connectivity index (χ0v) is 15.5. The van der Waals surface area contributed by atoms with Crippen molar-refractivity contribution < 1.29 is 9.69 Å². The van der Waals surface area contributed by atoms with Gasteiger partial charge >= 0.3 is 0 Å². The number of hydrogen-bond donors (Lipinski definition) is 2. The Labute approximate surface area is 148 Å². The van der Waals surface area contributed by atoms with Crippen LogP contribution in [0.1, 0.15) is 51.5 Å². The van der Waals surface area contributed by atoms with E-state index in [9.17, 15) is 4.79 Å². The molecule has 1 aliphatic rings. The summed E-state index contributed by atoms with van der Waals surface area (Å²) in [6, 6.07) is 10.7. The highest BCUT2D eigenvalue weighted by Crippen LogP contribution is 2.30. The summed E-state index contributed by atoms with van der Waals surface area (Å²) in [7, 11) is 0. The van der Waals surface area contributed by atoms with Gasteiger partial charge in [-0.25, -0.2) is 0 Å². The largest absolute Gasteiger partial charge is 0.347 e. The van der Waals surface area contributed by atoms with E-state index in [4.69, 9.17) is 0 Å². The zero-order chi connectivity index (χ0) is 16.9. The second-order valence-corrected chi connectivity index (χ2v) is 7.68. The van der Waals surface area contributed by atoms with Gasteiger partial charge in [0, 0.05) is 17.0 Å². The van der Waals surface area contributed by atoms with Crippen LogP contribution in [0.4, 0.5) is 0 Å². The first kappa shape index (κ1) is 17.2. The van der Waals surface area contributed by atoms with Crippen LogP contribution in [0.5, 0.6) is 0 Å². The summed E-state index contributed by atoms with van der Waals surface area (Å²) in [5, 5.41) is 3.05. The molecule has 0 spiro atoms. The van der Waals surface area contributed by atoms with Crippen LogP contribution in [0.15, 0.2) is 30.3 Å². The minimum Gasteiger partial charge on any atom is -0.347 e. The quantitative estimate of drug-likeness (QED) is 0.796. The summed E-state index contributed by atoms with van der Waals surface area (Å²) < 4.78 is 0. The van der Waals surface area contributed by atoms with E-state index in [1.165, 1.54) is 22.4 Å². The number of benzene rings is 1. The van der Waals surface area contributed by atoms with E-state index >= 15 is 0 Å². The molecule has 3 rings (SSSR count). The van der Waals surface area contributed by atoms with Crippen LogP contribution >= 0.6 is 11.3 Å². The molecule has 1 aliphatic carbocycles. The van der Waals surface area contributed by atoms with Crippen molar-refractivity contribution in [1.82, 2.24) is 5.32 Å². The molecule has 0 aliphatic heterocycles. The number of carbonyl (C=O) groups excluding carboxylic acids is 1. The van der Waals surface area contributed by atoms with E-state index in [2.05, 4.69) is 49.5 Å². The Balaban J connectivity index is 1.53. The lowest BCUT2D eigenvalue weighted by atomic mass is 10.1. The molecule has 0 bridgehead atoms. The summed E-state index contributed by atoms with van der Waals surface area (Å²) in [4.78, 5) is 16.2. The van der Waals surface area contributed by atoms with Gasteiger partial charge in [0.25, 0.3) is 5.91 Å². The summed E-state index contributed by atoms with van der Waals surface area (Å²) in [5.74, 6) is 0.0612. The first-order valence-electron chi connectivity index (χ1n) is 9.00. The fraction of sp³-hybridized carbons (Fsp3) is 0.450. The van der Waals surface area contributed by atoms with Gasteiger partial charge in [0.15, 0.2) is 0 Å². The number of aryl methyl sites for hydroxylation is 2. The second-order valence-electron chi connectivity index (χ2n) is 6.55. The van der Waals surface area contributed by atoms with Gasteiger partial charge in [-0.2, -0.15) is 0 Å². The monoisotopic (exact) mass is 343 g/mol. The Bertz CT molecular complexity index is 665. The molecular weight excluding hydrogens is 316 g/mol. The highest BCUT2D eigenvalue weighted by atomic mass is 32.1. The molecule has 0 fully saturated rings. The number of carbonyl (C=O) groups is 1. The molecule has 4 heteroatoms. The Hall–Kier alpha value is -1.65. The Kier molecular flexibility index (Phi) is 5.69. The standard InChI is InChI=1S/C20H26N2OS/c1-3-22(4-2)14-16-10-8-15(9-11-16)13-21-20(23)19-12-17-6-5-7-18(17)24-19/h8-12H,3-7,13-14H2,1-2H3,(H,21,23)/p+1. The van der Waals surface area contributed by atoms with Crippen LogP contribution in [0.3, 0.4) is 0 Å². The van der Waals surface area contributed by atoms with Crippen molar-refractivity contribution >= 4 is 17.2 Å². The topological polar surface area (TPSA) is 33.5 Å². The fourth-order valence-electron chi connectivity index (χ4n) is 3.27. The molecule has 2 aromatic rings. The van der Waals surface area contributed by atoms with Gasteiger partial charge in [0.2, 0.25) is 0 Å². The second kappa shape index (κ2) is 7.95. The van der Waals surface area contributed by atoms with E-state index in [1.54, 1.807) is 16.2 Å². The van der Waals surface area contributed by atoms with E-state index in [0.717, 1.165) is 42.9 Å². The van der Waals surface area contributed by atoms with Crippen molar-refractivity contribution in [3.8, 4) is 0 Å². The molecule has 0 unspecified atom stereocenters. The molecular formula is C20H27N2OS+. The molecule has 1 amide bonds. The number of fused-ring (bicyclic) bond motifs is 1. The SMILES string of the molecule is CC[NH+](CC)Cc1ccc(CNC(=O)c2cc3c(s2)CCC3)cc1. The number of nitrogens with one attached hydrogen (secondary N) is 2. The van der Waals surface area contributed by atoms with E-state index in [0.29, 0.717) is 6.54 Å². The molecule has 0 radical (unpaired) electrons. The third-order valence-corrected chi connectivity index (χ3v) is 6.14. The molecule has 0 atom stereocenters. The van der Waals surface area contributed by atoms with Crippen LogP contribution < -0.4 is 10.2 Å². The minimum absolute atomic E-state index is 0.0612. The molecule has 1 aromatic heterocycles. The fourth-order valence-corrected chi connectivity index (χ4v) is 4.44. The molecule has 2 N–H and O–H groups in total. The van der Waals surface area contributed by atoms with Gasteiger partial charge in [-0.05, 0) is 50.3 Å². The number of hydrogen-bond acceptors (Lipinski definition) is 2. The lowest BCUT2D eigenvalue weighted by Gasteiger charge is -2.15. The minimum atomic E-state index is 0.0612. The van der Waals surface area contributed by atoms with Crippen LogP contribution in [-0.4, -0.2) is 19.0 Å². The van der Waals surface area contributed by atoms with Crippen LogP contribution in [-0.2, 0) is 25.9 Å². The van der Waals surface area contributed by atoms with Gasteiger partial charge in [-0.1, -0.05) is 24.3 Å². The van der Waals surface area contributed by atoms with Crippen LogP contribution in [0.2, 0.25) is 0 Å². The highest BCUT2D eigenvalue weighted by Gasteiger charge is 2.18. The van der Waals surface area contributed by atoms with Gasteiger partial charge in [-0.3, -0.25) is 4.79 Å². The molecule has 1 aromatic carbocycles. The summed E-state index contributed by atoms with van der Waals surface area (Å²) in [6.07, 6.45) is 3.52. The predicted molar refractivity (Wildman–Crippen MR) is 99.7 cm³/mol. The Morgan fingerprint density at radius 2 is 1.83 bits per heavy atom. The lowest BCUT2D eigenvalue weighted by Crippen LogP contribution is -3.10. The van der Waals surface area contributed by atoms with Gasteiger partial charge < -0.3 is 10.2 Å². The number of rotatable bonds is 7. The molecule has 1 heterocycles. The molecule has 0 saturated carbocycles. The number of thiophene rings is 1. The normalized spacial score (nSPS) is 13.3. The third kappa shape index (κ3) is 4.05. The predicted octanol–water partition coefficient (Wildman–Crippen LogP) is 2.59. The average Bonchev–Trinajstić information content (AvgIpc) is 3.20. The molecule has 3 nitrogen and oxygen atoms in total. The molecule has 128 valence electrons. The lowest BCUT2D eigenvalue weighted by molar-refractivity contribution is -0.910. The van der Waals surface area contributed by atoms with E-state index in [-0.39, 0.29) is 5.91 Å². The smallest absolute Gasteiger partial charge is 0.261 e. The summed E-state index contributed by atoms with van der Waals surface area (Å²) >= 11 is 1.66. The van der Waals surface area contributed by atoms with Crippen molar-refractivity contribution in [2.24, 2.45) is 0 Å². The van der Waals surface area contributed by atoms with Gasteiger partial charge in [-0.15, -0.1) is 11.3 Å². The molecule has 24 heavy (non-hydrogen) atoms. The average molecular weight is 344 g/mol. The summed E-state index contributed by atoms with van der Waals surface area (Å²) in [5.41, 5.74) is 3.90. The van der Waals surface area contributed by atoms with Crippen molar-refractivity contribution in [1.29, 1.82) is 0 Å². The Morgan fingerprint density at radius 3 is 2.50 bits per heavy atom. The maximum atomic E-state index is 12.3. The molecule has 0 saturated heterocycles. The van der Waals surface area contributed by atoms with Crippen molar-refractivity contribution in [2.75, 3.05) is 13.1 Å². The first-order valence-corrected chi connectivity index (χ1v) is 9.82. The van der Waals surface area contributed by atoms with Crippen molar-refractivity contribution in [3.05, 3.63) is 56.8 Å². The number of quaternary nitrogens is 1. The van der Waals surface area contributed by atoms with Crippen LogP contribution in [0.25, 0.3) is 0 Å². The maximum Gasteiger partial charge on any atom is 0.261 e. The van der Waals surface area contributed by atoms with Crippen molar-refractivity contribution in [2.45, 2.75) is 46.2 Å².